The molecule has 0 N–H and O–H groups in total. The van der Waals surface area contributed by atoms with Crippen LogP contribution in [0.15, 0.2) is 30.9 Å². The first-order valence-electron chi connectivity index (χ1n) is 12.0. The minimum absolute atomic E-state index is 0.0786. The van der Waals surface area contributed by atoms with Crippen molar-refractivity contribution < 1.29 is 27.4 Å². The van der Waals surface area contributed by atoms with Gasteiger partial charge >= 0.3 is 6.18 Å². The number of carbonyl (C=O) groups is 1. The molecular formula is C26H33ClF3N3O3. The first-order valence-corrected chi connectivity index (χ1v) is 12.4. The molecule has 198 valence electrons. The smallest absolute Gasteiger partial charge is 0.431 e. The summed E-state index contributed by atoms with van der Waals surface area (Å²) in [7, 11) is 3.35. The van der Waals surface area contributed by atoms with Gasteiger partial charge in [-0.15, -0.1) is 6.58 Å². The van der Waals surface area contributed by atoms with Gasteiger partial charge in [0.2, 0.25) is 0 Å². The van der Waals surface area contributed by atoms with E-state index in [1.165, 1.54) is 11.7 Å². The number of carbonyl (C=O) groups excluding carboxylic acids is 1. The Balaban J connectivity index is 1.85. The van der Waals surface area contributed by atoms with Crippen molar-refractivity contribution >= 4 is 17.4 Å². The maximum Gasteiger partial charge on any atom is 0.431 e. The van der Waals surface area contributed by atoms with Crippen molar-refractivity contribution in [1.29, 1.82) is 0 Å². The summed E-state index contributed by atoms with van der Waals surface area (Å²) < 4.78 is 53.4. The molecule has 2 aromatic rings. The van der Waals surface area contributed by atoms with Gasteiger partial charge in [0.1, 0.15) is 11.4 Å². The fraction of sp³-hybridized carbons (Fsp3) is 0.538. The standard InChI is InChI=1S/C26H33ClF3N3O3/c1-6-7-12-25(23-18(27)16-22(26(28,29)30)33(23)15-14-32(25)4)13-8-9-20(34)19-10-11-21(36-17(2)3)24(31-19)35-5/h6,10-11,16-17H,1,7-9,12-15H2,2-5H3. The number of hydrogen-bond acceptors (Lipinski definition) is 5. The lowest BCUT2D eigenvalue weighted by atomic mass is 9.81. The molecule has 3 rings (SSSR count). The predicted molar refractivity (Wildman–Crippen MR) is 133 cm³/mol. The molecule has 0 radical (unpaired) electrons. The normalized spacial score (nSPS) is 18.2. The predicted octanol–water partition coefficient (Wildman–Crippen LogP) is 6.51. The van der Waals surface area contributed by atoms with Gasteiger partial charge in [0.25, 0.3) is 5.88 Å². The van der Waals surface area contributed by atoms with Crippen molar-refractivity contribution in [3.05, 3.63) is 53.0 Å². The number of hydrogen-bond donors (Lipinski definition) is 0. The van der Waals surface area contributed by atoms with Gasteiger partial charge in [0, 0.05) is 19.5 Å². The number of ketones is 1. The molecule has 0 saturated heterocycles. The van der Waals surface area contributed by atoms with Gasteiger partial charge in [0.05, 0.1) is 29.5 Å². The number of halogens is 4. The molecule has 1 unspecified atom stereocenters. The van der Waals surface area contributed by atoms with Crippen LogP contribution in [0.4, 0.5) is 13.2 Å². The van der Waals surface area contributed by atoms with Gasteiger partial charge in [-0.25, -0.2) is 4.98 Å². The zero-order valence-electron chi connectivity index (χ0n) is 21.1. The maximum atomic E-state index is 13.7. The van der Waals surface area contributed by atoms with Gasteiger partial charge < -0.3 is 14.0 Å². The van der Waals surface area contributed by atoms with Crippen molar-refractivity contribution in [2.75, 3.05) is 20.7 Å². The SMILES string of the molecule is C=CCCC1(CCCC(=O)c2ccc(OC(C)C)c(OC)n2)c2c(Cl)cc(C(F)(F)F)n2CCN1C. The average molecular weight is 528 g/mol. The molecule has 0 amide bonds. The highest BCUT2D eigenvalue weighted by Gasteiger charge is 2.46. The Morgan fingerprint density at radius 3 is 2.64 bits per heavy atom. The molecule has 36 heavy (non-hydrogen) atoms. The van der Waals surface area contributed by atoms with E-state index in [0.717, 1.165) is 6.07 Å². The third kappa shape index (κ3) is 5.72. The van der Waals surface area contributed by atoms with Crippen LogP contribution in [0.5, 0.6) is 11.6 Å². The van der Waals surface area contributed by atoms with Gasteiger partial charge in [-0.2, -0.15) is 13.2 Å². The number of methoxy groups -OCH3 is 1. The first-order chi connectivity index (χ1) is 16.9. The number of alkyl halides is 3. The van der Waals surface area contributed by atoms with E-state index < -0.39 is 17.4 Å². The Morgan fingerprint density at radius 2 is 2.03 bits per heavy atom. The van der Waals surface area contributed by atoms with Crippen LogP contribution in [0, 0.1) is 0 Å². The van der Waals surface area contributed by atoms with Crippen LogP contribution in [-0.2, 0) is 18.3 Å². The fourth-order valence-corrected chi connectivity index (χ4v) is 5.31. The maximum absolute atomic E-state index is 13.7. The second-order valence-corrected chi connectivity index (χ2v) is 9.71. The Hall–Kier alpha value is -2.52. The third-order valence-corrected chi connectivity index (χ3v) is 6.88. The minimum Gasteiger partial charge on any atom is -0.485 e. The van der Waals surface area contributed by atoms with Crippen molar-refractivity contribution in [1.82, 2.24) is 14.5 Å². The molecule has 1 aliphatic heterocycles. The van der Waals surface area contributed by atoms with E-state index in [-0.39, 0.29) is 41.4 Å². The van der Waals surface area contributed by atoms with Gasteiger partial charge in [-0.05, 0) is 64.8 Å². The van der Waals surface area contributed by atoms with Crippen LogP contribution in [0.2, 0.25) is 5.02 Å². The lowest BCUT2D eigenvalue weighted by molar-refractivity contribution is -0.144. The van der Waals surface area contributed by atoms with E-state index in [0.29, 0.717) is 43.7 Å². The number of ether oxygens (including phenoxy) is 2. The van der Waals surface area contributed by atoms with Crippen LogP contribution in [0.1, 0.15) is 67.8 Å². The molecule has 0 saturated carbocycles. The number of pyridine rings is 1. The monoisotopic (exact) mass is 527 g/mol. The van der Waals surface area contributed by atoms with Crippen molar-refractivity contribution in [2.24, 2.45) is 0 Å². The molecule has 1 aliphatic rings. The summed E-state index contributed by atoms with van der Waals surface area (Å²) in [5.74, 6) is 0.500. The minimum atomic E-state index is -4.51. The van der Waals surface area contributed by atoms with Crippen LogP contribution < -0.4 is 9.47 Å². The summed E-state index contributed by atoms with van der Waals surface area (Å²) in [4.78, 5) is 19.3. The lowest BCUT2D eigenvalue weighted by Crippen LogP contribution is -2.51. The summed E-state index contributed by atoms with van der Waals surface area (Å²) in [5, 5.41) is 0.0939. The molecular weight excluding hydrogens is 495 g/mol. The van der Waals surface area contributed by atoms with Crippen molar-refractivity contribution in [3.8, 4) is 11.6 Å². The Kier molecular flexibility index (Phi) is 8.77. The second kappa shape index (κ2) is 11.3. The van der Waals surface area contributed by atoms with Gasteiger partial charge in [-0.3, -0.25) is 9.69 Å². The van der Waals surface area contributed by atoms with Crippen LogP contribution in [-0.4, -0.2) is 47.0 Å². The number of allylic oxidation sites excluding steroid dienone is 1. The lowest BCUT2D eigenvalue weighted by Gasteiger charge is -2.47. The highest BCUT2D eigenvalue weighted by Crippen LogP contribution is 2.47. The molecule has 0 aliphatic carbocycles. The Bertz CT molecular complexity index is 1100. The average Bonchev–Trinajstić information content (AvgIpc) is 3.17. The zero-order chi connectivity index (χ0) is 26.7. The topological polar surface area (TPSA) is 56.6 Å². The van der Waals surface area contributed by atoms with E-state index in [1.807, 2.05) is 20.9 Å². The summed E-state index contributed by atoms with van der Waals surface area (Å²) in [6.45, 7) is 8.17. The molecule has 2 aromatic heterocycles. The molecule has 10 heteroatoms. The number of likely N-dealkylation sites (N-methyl/N-ethyl adjacent to an activating group) is 1. The number of fused-ring (bicyclic) bond motifs is 1. The van der Waals surface area contributed by atoms with E-state index in [4.69, 9.17) is 21.1 Å². The summed E-state index contributed by atoms with van der Waals surface area (Å²) in [6.07, 6.45) is -0.633. The van der Waals surface area contributed by atoms with Crippen LogP contribution in [0.3, 0.4) is 0 Å². The van der Waals surface area contributed by atoms with E-state index in [1.54, 1.807) is 18.2 Å². The summed E-state index contributed by atoms with van der Waals surface area (Å²) >= 11 is 6.44. The third-order valence-electron chi connectivity index (χ3n) is 6.59. The Labute approximate surface area is 215 Å². The van der Waals surface area contributed by atoms with Crippen LogP contribution >= 0.6 is 11.6 Å². The highest BCUT2D eigenvalue weighted by molar-refractivity contribution is 6.31. The van der Waals surface area contributed by atoms with Crippen molar-refractivity contribution in [2.45, 2.75) is 70.3 Å². The van der Waals surface area contributed by atoms with Crippen LogP contribution in [0.25, 0.3) is 0 Å². The molecule has 0 fully saturated rings. The fourth-order valence-electron chi connectivity index (χ4n) is 4.93. The number of nitrogens with zero attached hydrogens (tertiary/aromatic N) is 3. The summed E-state index contributed by atoms with van der Waals surface area (Å²) in [6, 6.07) is 4.27. The van der Waals surface area contributed by atoms with Crippen molar-refractivity contribution in [3.63, 3.8) is 0 Å². The van der Waals surface area contributed by atoms with E-state index in [2.05, 4.69) is 16.5 Å². The number of rotatable bonds is 11. The first kappa shape index (κ1) is 28.1. The quantitative estimate of drug-likeness (QED) is 0.246. The van der Waals surface area contributed by atoms with Gasteiger partial charge in [-0.1, -0.05) is 17.7 Å². The molecule has 0 spiro atoms. The van der Waals surface area contributed by atoms with Gasteiger partial charge in [0.15, 0.2) is 11.5 Å². The molecule has 0 aromatic carbocycles. The van der Waals surface area contributed by atoms with E-state index >= 15 is 0 Å². The molecule has 0 bridgehead atoms. The largest absolute Gasteiger partial charge is 0.485 e. The number of Topliss-reactive ketones (excluding diaryl/α,β-unsaturated/α-hetero) is 1. The molecule has 6 nitrogen and oxygen atoms in total. The van der Waals surface area contributed by atoms with E-state index in [9.17, 15) is 18.0 Å². The second-order valence-electron chi connectivity index (χ2n) is 9.30. The number of aromatic nitrogens is 2. The molecule has 1 atom stereocenters. The Morgan fingerprint density at radius 1 is 1.31 bits per heavy atom. The highest BCUT2D eigenvalue weighted by atomic mass is 35.5. The zero-order valence-corrected chi connectivity index (χ0v) is 21.9. The summed E-state index contributed by atoms with van der Waals surface area (Å²) in [5.41, 5.74) is -0.794. The molecule has 3 heterocycles.